The standard InChI is InChI=1S/C13H25NO2/c1-12(2)7-5-10(6-8-12)16-11(15)9-13(3,4)14/h10H,5-9,14H2,1-4H3. The molecule has 0 atom stereocenters. The summed E-state index contributed by atoms with van der Waals surface area (Å²) in [6.45, 7) is 8.23. The Morgan fingerprint density at radius 2 is 1.88 bits per heavy atom. The summed E-state index contributed by atoms with van der Waals surface area (Å²) in [5.41, 5.74) is 5.73. The monoisotopic (exact) mass is 227 g/mol. The van der Waals surface area contributed by atoms with Crippen LogP contribution >= 0.6 is 0 Å². The smallest absolute Gasteiger partial charge is 0.307 e. The van der Waals surface area contributed by atoms with E-state index in [1.54, 1.807) is 0 Å². The molecule has 3 heteroatoms. The number of rotatable bonds is 3. The Hall–Kier alpha value is -0.570. The number of nitrogens with two attached hydrogens (primary N) is 1. The molecule has 0 bridgehead atoms. The lowest BCUT2D eigenvalue weighted by atomic mass is 9.76. The minimum atomic E-state index is -0.467. The topological polar surface area (TPSA) is 52.3 Å². The molecule has 1 rings (SSSR count). The van der Waals surface area contributed by atoms with Crippen molar-refractivity contribution in [2.24, 2.45) is 11.1 Å². The summed E-state index contributed by atoms with van der Waals surface area (Å²) in [5, 5.41) is 0. The lowest BCUT2D eigenvalue weighted by molar-refractivity contribution is -0.152. The van der Waals surface area contributed by atoms with Gasteiger partial charge in [-0.15, -0.1) is 0 Å². The van der Waals surface area contributed by atoms with Gasteiger partial charge in [-0.3, -0.25) is 4.79 Å². The Bertz CT molecular complexity index is 243. The molecule has 0 aliphatic heterocycles. The molecule has 3 nitrogen and oxygen atoms in total. The van der Waals surface area contributed by atoms with E-state index in [0.717, 1.165) is 25.7 Å². The van der Waals surface area contributed by atoms with Gasteiger partial charge in [-0.05, 0) is 44.9 Å². The predicted molar refractivity (Wildman–Crippen MR) is 65.0 cm³/mol. The van der Waals surface area contributed by atoms with E-state index in [9.17, 15) is 4.79 Å². The van der Waals surface area contributed by atoms with Crippen LogP contribution in [0.5, 0.6) is 0 Å². The van der Waals surface area contributed by atoms with E-state index < -0.39 is 5.54 Å². The maximum atomic E-state index is 11.6. The third-order valence-corrected chi connectivity index (χ3v) is 3.18. The Kier molecular flexibility index (Phi) is 4.00. The van der Waals surface area contributed by atoms with Gasteiger partial charge < -0.3 is 10.5 Å². The van der Waals surface area contributed by atoms with Crippen LogP contribution in [-0.4, -0.2) is 17.6 Å². The molecular formula is C13H25NO2. The second kappa shape index (κ2) is 4.74. The van der Waals surface area contributed by atoms with Gasteiger partial charge in [0.15, 0.2) is 0 Å². The third kappa shape index (κ3) is 4.97. The van der Waals surface area contributed by atoms with Crippen molar-refractivity contribution in [3.05, 3.63) is 0 Å². The van der Waals surface area contributed by atoms with Gasteiger partial charge in [-0.25, -0.2) is 0 Å². The first-order valence-corrected chi connectivity index (χ1v) is 6.16. The Morgan fingerprint density at radius 3 is 2.31 bits per heavy atom. The van der Waals surface area contributed by atoms with Crippen molar-refractivity contribution in [3.63, 3.8) is 0 Å². The van der Waals surface area contributed by atoms with Crippen molar-refractivity contribution in [1.29, 1.82) is 0 Å². The van der Waals surface area contributed by atoms with Crippen LogP contribution in [0.25, 0.3) is 0 Å². The van der Waals surface area contributed by atoms with Crippen LogP contribution in [0.2, 0.25) is 0 Å². The lowest BCUT2D eigenvalue weighted by Crippen LogP contribution is -2.37. The first-order chi connectivity index (χ1) is 7.18. The van der Waals surface area contributed by atoms with Gasteiger partial charge in [0, 0.05) is 5.54 Å². The molecule has 2 N–H and O–H groups in total. The van der Waals surface area contributed by atoms with E-state index in [2.05, 4.69) is 13.8 Å². The zero-order valence-electron chi connectivity index (χ0n) is 11.0. The Morgan fingerprint density at radius 1 is 1.38 bits per heavy atom. The van der Waals surface area contributed by atoms with Crippen LogP contribution < -0.4 is 5.73 Å². The molecule has 0 unspecified atom stereocenters. The molecule has 1 fully saturated rings. The molecule has 0 amide bonds. The normalized spacial score (nSPS) is 21.8. The highest BCUT2D eigenvalue weighted by Crippen LogP contribution is 2.36. The van der Waals surface area contributed by atoms with Crippen molar-refractivity contribution in [2.75, 3.05) is 0 Å². The fraction of sp³-hybridized carbons (Fsp3) is 0.923. The number of carbonyl (C=O) groups is 1. The van der Waals surface area contributed by atoms with E-state index >= 15 is 0 Å². The van der Waals surface area contributed by atoms with Crippen molar-refractivity contribution in [1.82, 2.24) is 0 Å². The van der Waals surface area contributed by atoms with Gasteiger partial charge in [0.05, 0.1) is 6.42 Å². The van der Waals surface area contributed by atoms with E-state index in [0.29, 0.717) is 11.8 Å². The summed E-state index contributed by atoms with van der Waals surface area (Å²) in [6.07, 6.45) is 4.66. The number of esters is 1. The van der Waals surface area contributed by atoms with Gasteiger partial charge in [0.25, 0.3) is 0 Å². The molecule has 0 aromatic carbocycles. The molecular weight excluding hydrogens is 202 g/mol. The van der Waals surface area contributed by atoms with E-state index in [-0.39, 0.29) is 12.1 Å². The largest absolute Gasteiger partial charge is 0.462 e. The van der Waals surface area contributed by atoms with Crippen molar-refractivity contribution < 1.29 is 9.53 Å². The van der Waals surface area contributed by atoms with Crippen LogP contribution in [-0.2, 0) is 9.53 Å². The zero-order valence-corrected chi connectivity index (χ0v) is 11.0. The first-order valence-electron chi connectivity index (χ1n) is 6.16. The highest BCUT2D eigenvalue weighted by molar-refractivity contribution is 5.70. The highest BCUT2D eigenvalue weighted by Gasteiger charge is 2.29. The molecule has 0 aromatic heterocycles. The van der Waals surface area contributed by atoms with Crippen molar-refractivity contribution >= 4 is 5.97 Å². The minimum Gasteiger partial charge on any atom is -0.462 e. The highest BCUT2D eigenvalue weighted by atomic mass is 16.5. The molecule has 16 heavy (non-hydrogen) atoms. The van der Waals surface area contributed by atoms with E-state index in [4.69, 9.17) is 10.5 Å². The molecule has 0 saturated heterocycles. The average molecular weight is 227 g/mol. The lowest BCUT2D eigenvalue weighted by Gasteiger charge is -2.34. The SMILES string of the molecule is CC(C)(N)CC(=O)OC1CCC(C)(C)CC1. The number of carbonyl (C=O) groups excluding carboxylic acids is 1. The van der Waals surface area contributed by atoms with Gasteiger partial charge in [-0.1, -0.05) is 13.8 Å². The molecule has 94 valence electrons. The summed E-state index contributed by atoms with van der Waals surface area (Å²) in [4.78, 5) is 11.6. The van der Waals surface area contributed by atoms with Crippen LogP contribution in [0, 0.1) is 5.41 Å². The summed E-state index contributed by atoms with van der Waals surface area (Å²) >= 11 is 0. The van der Waals surface area contributed by atoms with Gasteiger partial charge in [0.1, 0.15) is 6.10 Å². The molecule has 1 aliphatic rings. The quantitative estimate of drug-likeness (QED) is 0.754. The fourth-order valence-corrected chi connectivity index (χ4v) is 2.09. The Labute approximate surface area is 98.7 Å². The van der Waals surface area contributed by atoms with Crippen LogP contribution in [0.15, 0.2) is 0 Å². The second-order valence-corrected chi connectivity index (χ2v) is 6.52. The predicted octanol–water partition coefficient (Wildman–Crippen LogP) is 2.63. The zero-order chi connectivity index (χ0) is 12.4. The minimum absolute atomic E-state index is 0.114. The fourth-order valence-electron chi connectivity index (χ4n) is 2.09. The second-order valence-electron chi connectivity index (χ2n) is 6.52. The summed E-state index contributed by atoms with van der Waals surface area (Å²) in [5.74, 6) is -0.155. The van der Waals surface area contributed by atoms with Crippen LogP contribution in [0.3, 0.4) is 0 Å². The van der Waals surface area contributed by atoms with Gasteiger partial charge in [-0.2, -0.15) is 0 Å². The van der Waals surface area contributed by atoms with Crippen LogP contribution in [0.4, 0.5) is 0 Å². The van der Waals surface area contributed by atoms with E-state index in [1.807, 2.05) is 13.8 Å². The van der Waals surface area contributed by atoms with Gasteiger partial charge >= 0.3 is 5.97 Å². The number of ether oxygens (including phenoxy) is 1. The van der Waals surface area contributed by atoms with E-state index in [1.165, 1.54) is 0 Å². The Balaban J connectivity index is 2.32. The molecule has 1 aliphatic carbocycles. The van der Waals surface area contributed by atoms with Crippen molar-refractivity contribution in [3.8, 4) is 0 Å². The number of hydrogen-bond donors (Lipinski definition) is 1. The summed E-state index contributed by atoms with van der Waals surface area (Å²) in [6, 6.07) is 0. The molecule has 1 saturated carbocycles. The van der Waals surface area contributed by atoms with Crippen molar-refractivity contribution in [2.45, 2.75) is 71.4 Å². The molecule has 0 heterocycles. The molecule has 0 spiro atoms. The molecule has 0 radical (unpaired) electrons. The summed E-state index contributed by atoms with van der Waals surface area (Å²) < 4.78 is 5.44. The van der Waals surface area contributed by atoms with Crippen LogP contribution in [0.1, 0.15) is 59.8 Å². The number of hydrogen-bond acceptors (Lipinski definition) is 3. The molecule has 0 aromatic rings. The summed E-state index contributed by atoms with van der Waals surface area (Å²) in [7, 11) is 0. The van der Waals surface area contributed by atoms with Gasteiger partial charge in [0.2, 0.25) is 0 Å². The average Bonchev–Trinajstić information content (AvgIpc) is 2.05. The first kappa shape index (κ1) is 13.5. The maximum absolute atomic E-state index is 11.6. The third-order valence-electron chi connectivity index (χ3n) is 3.18. The maximum Gasteiger partial charge on any atom is 0.307 e.